The number of hydrogen-bond acceptors (Lipinski definition) is 4. The highest BCUT2D eigenvalue weighted by atomic mass is 16.5. The Hall–Kier alpha value is -3.86. The molecule has 156 valence electrons. The molecule has 1 amide bonds. The van der Waals surface area contributed by atoms with Gasteiger partial charge in [-0.15, -0.1) is 0 Å². The molecule has 1 aliphatic rings. The number of carbonyl (C=O) groups excluding carboxylic acids is 2. The van der Waals surface area contributed by atoms with E-state index in [0.717, 1.165) is 16.7 Å². The van der Waals surface area contributed by atoms with Gasteiger partial charge in [0.1, 0.15) is 11.5 Å². The highest BCUT2D eigenvalue weighted by Crippen LogP contribution is 2.44. The first-order valence-corrected chi connectivity index (χ1v) is 10.0. The van der Waals surface area contributed by atoms with Crippen molar-refractivity contribution in [3.05, 3.63) is 101 Å². The number of benzene rings is 3. The van der Waals surface area contributed by atoms with Crippen molar-refractivity contribution in [3.8, 4) is 5.75 Å². The van der Waals surface area contributed by atoms with Crippen LogP contribution in [-0.4, -0.2) is 23.9 Å². The zero-order valence-electron chi connectivity index (χ0n) is 17.6. The van der Waals surface area contributed by atoms with Crippen LogP contribution in [0.4, 0.5) is 5.69 Å². The average molecular weight is 413 g/mol. The normalized spacial score (nSPS) is 17.8. The van der Waals surface area contributed by atoms with Crippen LogP contribution in [0.5, 0.6) is 5.75 Å². The van der Waals surface area contributed by atoms with E-state index in [0.29, 0.717) is 17.0 Å². The van der Waals surface area contributed by atoms with E-state index in [-0.39, 0.29) is 11.3 Å². The Bertz CT molecular complexity index is 1200. The van der Waals surface area contributed by atoms with Crippen molar-refractivity contribution in [2.45, 2.75) is 19.9 Å². The molecule has 5 nitrogen and oxygen atoms in total. The maximum Gasteiger partial charge on any atom is 0.300 e. The summed E-state index contributed by atoms with van der Waals surface area (Å²) in [7, 11) is 1.50. The number of rotatable bonds is 4. The third kappa shape index (κ3) is 3.48. The molecule has 1 N–H and O–H groups in total. The van der Waals surface area contributed by atoms with Crippen molar-refractivity contribution >= 4 is 23.1 Å². The van der Waals surface area contributed by atoms with Crippen molar-refractivity contribution in [3.63, 3.8) is 0 Å². The summed E-state index contributed by atoms with van der Waals surface area (Å²) in [5.74, 6) is -1.21. The molecule has 0 aromatic heterocycles. The van der Waals surface area contributed by atoms with Gasteiger partial charge in [-0.3, -0.25) is 14.5 Å². The summed E-state index contributed by atoms with van der Waals surface area (Å²) in [6, 6.07) is 21.2. The Morgan fingerprint density at radius 2 is 1.61 bits per heavy atom. The second-order valence-corrected chi connectivity index (χ2v) is 7.56. The summed E-state index contributed by atoms with van der Waals surface area (Å²) in [4.78, 5) is 27.9. The van der Waals surface area contributed by atoms with Gasteiger partial charge in [0.15, 0.2) is 0 Å². The summed E-state index contributed by atoms with van der Waals surface area (Å²) < 4.78 is 5.42. The first-order chi connectivity index (χ1) is 14.9. The third-order valence-electron chi connectivity index (χ3n) is 5.57. The van der Waals surface area contributed by atoms with E-state index in [1.165, 1.54) is 12.0 Å². The van der Waals surface area contributed by atoms with Crippen LogP contribution in [0.2, 0.25) is 0 Å². The van der Waals surface area contributed by atoms with Crippen molar-refractivity contribution in [1.82, 2.24) is 0 Å². The maximum absolute atomic E-state index is 13.2. The fourth-order valence-corrected chi connectivity index (χ4v) is 4.03. The molecule has 0 spiro atoms. The van der Waals surface area contributed by atoms with Gasteiger partial charge < -0.3 is 9.84 Å². The molecule has 1 heterocycles. The van der Waals surface area contributed by atoms with Crippen LogP contribution >= 0.6 is 0 Å². The molecular weight excluding hydrogens is 390 g/mol. The van der Waals surface area contributed by atoms with Gasteiger partial charge in [0, 0.05) is 5.69 Å². The first kappa shape index (κ1) is 20.4. The van der Waals surface area contributed by atoms with Gasteiger partial charge >= 0.3 is 0 Å². The Kier molecular flexibility index (Phi) is 5.34. The lowest BCUT2D eigenvalue weighted by molar-refractivity contribution is -0.132. The predicted molar refractivity (Wildman–Crippen MR) is 120 cm³/mol. The van der Waals surface area contributed by atoms with Gasteiger partial charge in [0.05, 0.1) is 24.3 Å². The molecule has 1 atom stereocenters. The number of Topliss-reactive ketones (excluding diaryl/α,β-unsaturated/α-hetero) is 1. The fraction of sp³-hybridized carbons (Fsp3) is 0.154. The number of aliphatic hydroxyl groups is 1. The van der Waals surface area contributed by atoms with Crippen LogP contribution in [0.15, 0.2) is 78.4 Å². The van der Waals surface area contributed by atoms with E-state index in [1.54, 1.807) is 24.3 Å². The van der Waals surface area contributed by atoms with Gasteiger partial charge in [-0.1, -0.05) is 54.1 Å². The van der Waals surface area contributed by atoms with Crippen LogP contribution in [0.25, 0.3) is 5.76 Å². The molecule has 1 saturated heterocycles. The summed E-state index contributed by atoms with van der Waals surface area (Å²) >= 11 is 0. The maximum atomic E-state index is 13.2. The van der Waals surface area contributed by atoms with Gasteiger partial charge in [0.2, 0.25) is 0 Å². The zero-order valence-corrected chi connectivity index (χ0v) is 17.6. The van der Waals surface area contributed by atoms with E-state index in [4.69, 9.17) is 4.74 Å². The predicted octanol–water partition coefficient (Wildman–Crippen LogP) is 4.94. The second-order valence-electron chi connectivity index (χ2n) is 7.56. The number of carbonyl (C=O) groups is 2. The number of ether oxygens (including phenoxy) is 1. The Morgan fingerprint density at radius 3 is 2.29 bits per heavy atom. The molecule has 4 rings (SSSR count). The summed E-state index contributed by atoms with van der Waals surface area (Å²) in [5, 5.41) is 11.3. The minimum Gasteiger partial charge on any atom is -0.507 e. The summed E-state index contributed by atoms with van der Waals surface area (Å²) in [5.41, 5.74) is 3.61. The Balaban J connectivity index is 2.01. The molecule has 5 heteroatoms. The fourth-order valence-electron chi connectivity index (χ4n) is 4.03. The molecule has 0 radical (unpaired) electrons. The topological polar surface area (TPSA) is 66.8 Å². The third-order valence-corrected chi connectivity index (χ3v) is 5.57. The molecule has 1 fully saturated rings. The second kappa shape index (κ2) is 8.11. The average Bonchev–Trinajstić information content (AvgIpc) is 3.04. The largest absolute Gasteiger partial charge is 0.507 e. The quantitative estimate of drug-likeness (QED) is 0.374. The van der Waals surface area contributed by atoms with Gasteiger partial charge in [-0.25, -0.2) is 0 Å². The number of ketones is 1. The summed E-state index contributed by atoms with van der Waals surface area (Å²) in [6.07, 6.45) is 0. The van der Waals surface area contributed by atoms with Crippen LogP contribution in [0, 0.1) is 13.8 Å². The van der Waals surface area contributed by atoms with Crippen LogP contribution < -0.4 is 9.64 Å². The minimum absolute atomic E-state index is 0.0482. The lowest BCUT2D eigenvalue weighted by Gasteiger charge is -2.26. The van der Waals surface area contributed by atoms with Crippen molar-refractivity contribution in [1.29, 1.82) is 0 Å². The standard InChI is InChI=1S/C26H23NO4/c1-16-13-14-21(31-3)20(15-16)24(28)22-23(19-12-8-7-9-17(19)2)27(26(30)25(22)29)18-10-5-4-6-11-18/h4-15,23,28H,1-3H3/b24-22+. The smallest absolute Gasteiger partial charge is 0.300 e. The number of aliphatic hydroxyl groups excluding tert-OH is 1. The molecular formula is C26H23NO4. The minimum atomic E-state index is -0.756. The number of para-hydroxylation sites is 1. The van der Waals surface area contributed by atoms with Crippen LogP contribution in [0.1, 0.15) is 28.3 Å². The Morgan fingerprint density at radius 1 is 0.935 bits per heavy atom. The molecule has 1 aliphatic heterocycles. The molecule has 0 aliphatic carbocycles. The highest BCUT2D eigenvalue weighted by Gasteiger charge is 2.47. The molecule has 31 heavy (non-hydrogen) atoms. The van der Waals surface area contributed by atoms with Crippen molar-refractivity contribution in [2.24, 2.45) is 0 Å². The molecule has 0 saturated carbocycles. The van der Waals surface area contributed by atoms with E-state index < -0.39 is 17.7 Å². The monoisotopic (exact) mass is 413 g/mol. The van der Waals surface area contributed by atoms with Crippen molar-refractivity contribution < 1.29 is 19.4 Å². The molecule has 1 unspecified atom stereocenters. The molecule has 3 aromatic rings. The lowest BCUT2D eigenvalue weighted by Crippen LogP contribution is -2.29. The number of amides is 1. The number of hydrogen-bond donors (Lipinski definition) is 1. The van der Waals surface area contributed by atoms with E-state index >= 15 is 0 Å². The van der Waals surface area contributed by atoms with E-state index in [1.807, 2.05) is 62.4 Å². The Labute approximate surface area is 181 Å². The summed E-state index contributed by atoms with van der Waals surface area (Å²) in [6.45, 7) is 3.81. The molecule has 3 aromatic carbocycles. The van der Waals surface area contributed by atoms with Gasteiger partial charge in [0.25, 0.3) is 11.7 Å². The lowest BCUT2D eigenvalue weighted by atomic mass is 9.92. The molecule has 0 bridgehead atoms. The number of methoxy groups -OCH3 is 1. The highest BCUT2D eigenvalue weighted by molar-refractivity contribution is 6.51. The zero-order chi connectivity index (χ0) is 22.1. The SMILES string of the molecule is COc1ccc(C)cc1/C(O)=C1\C(=O)C(=O)N(c2ccccc2)C1c1ccccc1C. The van der Waals surface area contributed by atoms with E-state index in [2.05, 4.69) is 0 Å². The number of nitrogens with zero attached hydrogens (tertiary/aromatic N) is 1. The first-order valence-electron chi connectivity index (χ1n) is 10.0. The van der Waals surface area contributed by atoms with E-state index in [9.17, 15) is 14.7 Å². The number of aryl methyl sites for hydroxylation is 2. The van der Waals surface area contributed by atoms with Gasteiger partial charge in [-0.05, 0) is 49.2 Å². The van der Waals surface area contributed by atoms with Crippen LogP contribution in [-0.2, 0) is 9.59 Å². The van der Waals surface area contributed by atoms with Gasteiger partial charge in [-0.2, -0.15) is 0 Å². The van der Waals surface area contributed by atoms with Crippen LogP contribution in [0.3, 0.4) is 0 Å². The number of anilines is 1. The van der Waals surface area contributed by atoms with Crippen molar-refractivity contribution in [2.75, 3.05) is 12.0 Å².